The van der Waals surface area contributed by atoms with Crippen molar-refractivity contribution in [2.45, 2.75) is 36.6 Å². The molecule has 3 aliphatic rings. The molecule has 4 heterocycles. The fourth-order valence-electron chi connectivity index (χ4n) is 7.02. The Morgan fingerprint density at radius 3 is 2.18 bits per heavy atom. The van der Waals surface area contributed by atoms with Crippen LogP contribution in [0, 0.1) is 11.3 Å². The Hall–Kier alpha value is -2.98. The number of rotatable bonds is 7. The minimum atomic E-state index is -3.24. The van der Waals surface area contributed by atoms with Gasteiger partial charge in [-0.3, -0.25) is 14.6 Å². The molecule has 1 aromatic heterocycles. The Balaban J connectivity index is 0.00000221. The van der Waals surface area contributed by atoms with E-state index in [1.54, 1.807) is 24.4 Å². The molecule has 0 radical (unpaired) electrons. The van der Waals surface area contributed by atoms with Crippen LogP contribution in [0.5, 0.6) is 0 Å². The van der Waals surface area contributed by atoms with E-state index >= 15 is 0 Å². The molecule has 8 nitrogen and oxygen atoms in total. The van der Waals surface area contributed by atoms with Crippen molar-refractivity contribution in [2.75, 3.05) is 45.5 Å². The first-order valence-corrected chi connectivity index (χ1v) is 16.7. The molecule has 236 valence electrons. The van der Waals surface area contributed by atoms with Gasteiger partial charge < -0.3 is 14.7 Å². The average Bonchev–Trinajstić information content (AvgIpc) is 3.56. The summed E-state index contributed by atoms with van der Waals surface area (Å²) in [5.41, 5.74) is 2.39. The summed E-state index contributed by atoms with van der Waals surface area (Å²) in [6, 6.07) is 22.8. The van der Waals surface area contributed by atoms with Crippen LogP contribution in [0.15, 0.2) is 83.9 Å². The van der Waals surface area contributed by atoms with Crippen LogP contribution >= 0.6 is 24.8 Å². The summed E-state index contributed by atoms with van der Waals surface area (Å²) >= 11 is 0. The van der Waals surface area contributed by atoms with Crippen LogP contribution in [-0.2, 0) is 21.2 Å². The molecule has 3 fully saturated rings. The molecule has 3 aliphatic heterocycles. The molecule has 3 aromatic rings. The molecule has 0 unspecified atom stereocenters. The highest BCUT2D eigenvalue weighted by molar-refractivity contribution is 7.90. The lowest BCUT2D eigenvalue weighted by atomic mass is 9.76. The number of likely N-dealkylation sites (tertiary alicyclic amines) is 3. The molecule has 0 aliphatic carbocycles. The van der Waals surface area contributed by atoms with Crippen LogP contribution in [0.4, 0.5) is 0 Å². The van der Waals surface area contributed by atoms with Gasteiger partial charge in [-0.2, -0.15) is 0 Å². The molecular formula is C33H40Cl2N4O4S. The van der Waals surface area contributed by atoms with Crippen molar-refractivity contribution in [3.8, 4) is 0 Å². The predicted molar refractivity (Wildman–Crippen MR) is 175 cm³/mol. The lowest BCUT2D eigenvalue weighted by molar-refractivity contribution is -0.139. The van der Waals surface area contributed by atoms with Crippen molar-refractivity contribution in [1.29, 1.82) is 0 Å². The quantitative estimate of drug-likeness (QED) is 0.366. The average molecular weight is 660 g/mol. The Bertz CT molecular complexity index is 1530. The third-order valence-corrected chi connectivity index (χ3v) is 10.6. The van der Waals surface area contributed by atoms with E-state index in [1.807, 2.05) is 40.1 Å². The standard InChI is InChI=1S/C33H38N4O4S.2ClH/c1-42(40,41)28-12-10-25(11-13-28)21-36-20-16-33(32(36)39)14-18-35(19-15-33)22-27-23-37(31(38)30-9-5-6-17-34-30)24-29(27)26-7-3-2-4-8-26;;/h2-13,17,27,29H,14-16,18-24H2,1H3;2*1H/t27-,29+;;/m0../s1. The second kappa shape index (κ2) is 14.0. The molecule has 1 spiro atoms. The Labute approximate surface area is 272 Å². The van der Waals surface area contributed by atoms with Crippen molar-refractivity contribution < 1.29 is 18.0 Å². The van der Waals surface area contributed by atoms with E-state index in [2.05, 4.69) is 34.1 Å². The SMILES string of the molecule is CS(=O)(=O)c1ccc(CN2CCC3(CCN(C[C@H]4CN(C(=O)c5ccccn5)C[C@@H]4c4ccccc4)CC3)C2=O)cc1.Cl.Cl. The number of hydrogen-bond acceptors (Lipinski definition) is 6. The van der Waals surface area contributed by atoms with E-state index in [4.69, 9.17) is 0 Å². The summed E-state index contributed by atoms with van der Waals surface area (Å²) in [6.07, 6.45) is 5.42. The first-order valence-electron chi connectivity index (χ1n) is 14.8. The van der Waals surface area contributed by atoms with Gasteiger partial charge in [0.2, 0.25) is 5.91 Å². The largest absolute Gasteiger partial charge is 0.338 e. The number of pyridine rings is 1. The van der Waals surface area contributed by atoms with Gasteiger partial charge >= 0.3 is 0 Å². The van der Waals surface area contributed by atoms with E-state index < -0.39 is 9.84 Å². The molecule has 0 saturated carbocycles. The van der Waals surface area contributed by atoms with Crippen LogP contribution < -0.4 is 0 Å². The van der Waals surface area contributed by atoms with Crippen molar-refractivity contribution in [1.82, 2.24) is 19.7 Å². The Morgan fingerprint density at radius 1 is 0.886 bits per heavy atom. The number of nitrogens with zero attached hydrogens (tertiary/aromatic N) is 4. The van der Waals surface area contributed by atoms with E-state index in [0.717, 1.165) is 51.0 Å². The summed E-state index contributed by atoms with van der Waals surface area (Å²) in [7, 11) is -3.24. The maximum absolute atomic E-state index is 13.6. The predicted octanol–water partition coefficient (Wildman–Crippen LogP) is 4.70. The van der Waals surface area contributed by atoms with Gasteiger partial charge in [-0.05, 0) is 73.7 Å². The number of sulfone groups is 1. The fraction of sp³-hybridized carbons (Fsp3) is 0.424. The van der Waals surface area contributed by atoms with Crippen molar-refractivity contribution in [3.63, 3.8) is 0 Å². The first-order chi connectivity index (χ1) is 20.2. The normalized spacial score (nSPS) is 21.6. The van der Waals surface area contributed by atoms with Gasteiger partial charge in [-0.1, -0.05) is 48.5 Å². The van der Waals surface area contributed by atoms with Gasteiger partial charge in [0.15, 0.2) is 9.84 Å². The molecule has 44 heavy (non-hydrogen) atoms. The molecule has 0 N–H and O–H groups in total. The van der Waals surface area contributed by atoms with E-state index in [-0.39, 0.29) is 48.0 Å². The number of halogens is 2. The van der Waals surface area contributed by atoms with Gasteiger partial charge in [0.25, 0.3) is 5.91 Å². The highest BCUT2D eigenvalue weighted by Gasteiger charge is 2.48. The number of hydrogen-bond donors (Lipinski definition) is 0. The molecule has 6 rings (SSSR count). The number of benzene rings is 2. The molecule has 2 amide bonds. The second-order valence-electron chi connectivity index (χ2n) is 12.2. The van der Waals surface area contributed by atoms with E-state index in [0.29, 0.717) is 36.1 Å². The van der Waals surface area contributed by atoms with Gasteiger partial charge in [-0.25, -0.2) is 8.42 Å². The summed E-state index contributed by atoms with van der Waals surface area (Å²) in [6.45, 7) is 5.25. The van der Waals surface area contributed by atoms with Gasteiger partial charge in [0.05, 0.1) is 10.3 Å². The maximum atomic E-state index is 13.6. The zero-order valence-electron chi connectivity index (χ0n) is 24.9. The summed E-state index contributed by atoms with van der Waals surface area (Å²) in [5.74, 6) is 0.774. The minimum absolute atomic E-state index is 0. The molecule has 0 bridgehead atoms. The molecule has 11 heteroatoms. The van der Waals surface area contributed by atoms with Crippen molar-refractivity contribution in [3.05, 3.63) is 95.8 Å². The van der Waals surface area contributed by atoms with E-state index in [1.165, 1.54) is 11.8 Å². The number of carbonyl (C=O) groups excluding carboxylic acids is 2. The number of carbonyl (C=O) groups is 2. The first kappa shape index (κ1) is 33.9. The zero-order chi connectivity index (χ0) is 29.3. The second-order valence-corrected chi connectivity index (χ2v) is 14.2. The highest BCUT2D eigenvalue weighted by atomic mass is 35.5. The molecule has 2 aromatic carbocycles. The van der Waals surface area contributed by atoms with Crippen LogP contribution in [0.2, 0.25) is 0 Å². The number of aromatic nitrogens is 1. The molecular weight excluding hydrogens is 619 g/mol. The van der Waals surface area contributed by atoms with Crippen LogP contribution in [0.1, 0.15) is 46.8 Å². The minimum Gasteiger partial charge on any atom is -0.338 e. The lowest BCUT2D eigenvalue weighted by Gasteiger charge is -2.39. The van der Waals surface area contributed by atoms with E-state index in [9.17, 15) is 18.0 Å². The fourth-order valence-corrected chi connectivity index (χ4v) is 7.65. The van der Waals surface area contributed by atoms with Crippen molar-refractivity contribution >= 4 is 46.5 Å². The number of piperidine rings is 1. The van der Waals surface area contributed by atoms with Crippen LogP contribution in [0.3, 0.4) is 0 Å². The monoisotopic (exact) mass is 658 g/mol. The summed E-state index contributed by atoms with van der Waals surface area (Å²) in [4.78, 5) is 37.9. The van der Waals surface area contributed by atoms with Crippen LogP contribution in [0.25, 0.3) is 0 Å². The Kier molecular flexibility index (Phi) is 10.8. The van der Waals surface area contributed by atoms with Gasteiger partial charge in [0, 0.05) is 51.1 Å². The highest BCUT2D eigenvalue weighted by Crippen LogP contribution is 2.43. The summed E-state index contributed by atoms with van der Waals surface area (Å²) in [5, 5.41) is 0. The van der Waals surface area contributed by atoms with Crippen molar-refractivity contribution in [2.24, 2.45) is 11.3 Å². The third-order valence-electron chi connectivity index (χ3n) is 9.47. The number of amides is 2. The smallest absolute Gasteiger partial charge is 0.272 e. The van der Waals surface area contributed by atoms with Gasteiger partial charge in [-0.15, -0.1) is 24.8 Å². The summed E-state index contributed by atoms with van der Waals surface area (Å²) < 4.78 is 23.6. The van der Waals surface area contributed by atoms with Gasteiger partial charge in [0.1, 0.15) is 5.69 Å². The third kappa shape index (κ3) is 7.12. The molecule has 2 atom stereocenters. The lowest BCUT2D eigenvalue weighted by Crippen LogP contribution is -2.46. The topological polar surface area (TPSA) is 90.9 Å². The zero-order valence-corrected chi connectivity index (χ0v) is 27.3. The molecule has 3 saturated heterocycles. The van der Waals surface area contributed by atoms with Crippen LogP contribution in [-0.4, -0.2) is 85.4 Å². The maximum Gasteiger partial charge on any atom is 0.272 e. The Morgan fingerprint density at radius 2 is 1.55 bits per heavy atom.